The van der Waals surface area contributed by atoms with Gasteiger partial charge in [0.2, 0.25) is 5.91 Å². The molecule has 2 atom stereocenters. The van der Waals surface area contributed by atoms with E-state index in [4.69, 9.17) is 28.3 Å². The van der Waals surface area contributed by atoms with E-state index in [1.54, 1.807) is 25.1 Å². The van der Waals surface area contributed by atoms with Gasteiger partial charge in [-0.25, -0.2) is 0 Å². The summed E-state index contributed by atoms with van der Waals surface area (Å²) in [6, 6.07) is 5.26. The summed E-state index contributed by atoms with van der Waals surface area (Å²) < 4.78 is 0. The number of amides is 1. The summed E-state index contributed by atoms with van der Waals surface area (Å²) in [6.07, 6.45) is 0.714. The van der Waals surface area contributed by atoms with Crippen LogP contribution in [0.5, 0.6) is 0 Å². The Morgan fingerprint density at radius 2 is 1.90 bits per heavy atom. The van der Waals surface area contributed by atoms with Crippen LogP contribution in [0.1, 0.15) is 24.8 Å². The first kappa shape index (κ1) is 15.1. The van der Waals surface area contributed by atoms with Crippen LogP contribution in [0.4, 0.5) is 0 Å². The number of rotatable bonds is 5. The van der Waals surface area contributed by atoms with Crippen molar-refractivity contribution in [2.45, 2.75) is 19.3 Å². The van der Waals surface area contributed by atoms with E-state index in [0.717, 1.165) is 5.56 Å². The van der Waals surface area contributed by atoms with Crippen molar-refractivity contribution >= 4 is 35.1 Å². The molecule has 4 nitrogen and oxygen atoms in total. The van der Waals surface area contributed by atoms with E-state index in [1.807, 2.05) is 0 Å². The molecule has 0 radical (unpaired) electrons. The Kier molecular flexibility index (Phi) is 4.55. The first-order valence-electron chi connectivity index (χ1n) is 6.39. The van der Waals surface area contributed by atoms with Gasteiger partial charge in [-0.15, -0.1) is 0 Å². The molecule has 2 rings (SSSR count). The largest absolute Gasteiger partial charge is 0.480 e. The summed E-state index contributed by atoms with van der Waals surface area (Å²) in [5, 5.41) is 9.88. The molecule has 1 N–H and O–H groups in total. The van der Waals surface area contributed by atoms with Crippen LogP contribution < -0.4 is 0 Å². The predicted molar refractivity (Wildman–Crippen MR) is 77.2 cm³/mol. The number of benzene rings is 1. The minimum Gasteiger partial charge on any atom is -0.480 e. The molecule has 1 aliphatic rings. The molecule has 0 aromatic heterocycles. The van der Waals surface area contributed by atoms with Crippen molar-refractivity contribution in [2.24, 2.45) is 5.92 Å². The highest BCUT2D eigenvalue weighted by Crippen LogP contribution is 2.49. The number of hydrogen-bond acceptors (Lipinski definition) is 2. The molecule has 20 heavy (non-hydrogen) atoms. The quantitative estimate of drug-likeness (QED) is 0.908. The number of carboxylic acids is 1. The van der Waals surface area contributed by atoms with Crippen molar-refractivity contribution in [3.05, 3.63) is 33.8 Å². The van der Waals surface area contributed by atoms with Crippen LogP contribution in [0.15, 0.2) is 18.2 Å². The van der Waals surface area contributed by atoms with Gasteiger partial charge in [0.15, 0.2) is 0 Å². The lowest BCUT2D eigenvalue weighted by Gasteiger charge is -2.18. The van der Waals surface area contributed by atoms with Crippen LogP contribution in [0.3, 0.4) is 0 Å². The number of halogens is 2. The van der Waals surface area contributed by atoms with Crippen LogP contribution in [0.25, 0.3) is 0 Å². The summed E-state index contributed by atoms with van der Waals surface area (Å²) in [5.74, 6) is -1.19. The Morgan fingerprint density at radius 1 is 1.30 bits per heavy atom. The second-order valence-electron chi connectivity index (χ2n) is 4.90. The molecule has 6 heteroatoms. The van der Waals surface area contributed by atoms with E-state index in [2.05, 4.69) is 0 Å². The molecule has 0 heterocycles. The molecule has 0 bridgehead atoms. The van der Waals surface area contributed by atoms with Gasteiger partial charge in [-0.05, 0) is 43.0 Å². The SMILES string of the molecule is CCN(CC(=O)O)C(=O)C1CC1c1cc(Cl)cc(Cl)c1. The number of carbonyl (C=O) groups is 2. The Hall–Kier alpha value is -1.26. The maximum atomic E-state index is 12.2. The summed E-state index contributed by atoms with van der Waals surface area (Å²) >= 11 is 11.9. The van der Waals surface area contributed by atoms with Gasteiger partial charge in [-0.1, -0.05) is 23.2 Å². The van der Waals surface area contributed by atoms with Crippen molar-refractivity contribution in [2.75, 3.05) is 13.1 Å². The fraction of sp³-hybridized carbons (Fsp3) is 0.429. The third kappa shape index (κ3) is 3.44. The smallest absolute Gasteiger partial charge is 0.323 e. The molecule has 0 aliphatic heterocycles. The fourth-order valence-electron chi connectivity index (χ4n) is 2.37. The zero-order valence-corrected chi connectivity index (χ0v) is 12.5. The highest BCUT2D eigenvalue weighted by atomic mass is 35.5. The van der Waals surface area contributed by atoms with Crippen LogP contribution in [0.2, 0.25) is 10.0 Å². The van der Waals surface area contributed by atoms with Gasteiger partial charge >= 0.3 is 5.97 Å². The van der Waals surface area contributed by atoms with Crippen molar-refractivity contribution in [1.29, 1.82) is 0 Å². The zero-order chi connectivity index (χ0) is 14.9. The minimum atomic E-state index is -0.997. The van der Waals surface area contributed by atoms with Crippen LogP contribution in [-0.4, -0.2) is 35.0 Å². The number of carboxylic acid groups (broad SMARTS) is 1. The summed E-state index contributed by atoms with van der Waals surface area (Å²) in [5.41, 5.74) is 0.937. The third-order valence-corrected chi connectivity index (χ3v) is 3.88. The molecule has 108 valence electrons. The molecular formula is C14H15Cl2NO3. The molecule has 1 aliphatic carbocycles. The number of likely N-dealkylation sites (N-methyl/N-ethyl adjacent to an activating group) is 1. The van der Waals surface area contributed by atoms with Crippen LogP contribution in [0, 0.1) is 5.92 Å². The fourth-order valence-corrected chi connectivity index (χ4v) is 2.91. The number of aliphatic carboxylic acids is 1. The Labute approximate surface area is 127 Å². The number of carbonyl (C=O) groups excluding carboxylic acids is 1. The van der Waals surface area contributed by atoms with Crippen molar-refractivity contribution in [3.8, 4) is 0 Å². The van der Waals surface area contributed by atoms with E-state index >= 15 is 0 Å². The maximum Gasteiger partial charge on any atom is 0.323 e. The van der Waals surface area contributed by atoms with E-state index in [1.165, 1.54) is 4.90 Å². The zero-order valence-electron chi connectivity index (χ0n) is 11.0. The van der Waals surface area contributed by atoms with Crippen molar-refractivity contribution < 1.29 is 14.7 Å². The maximum absolute atomic E-state index is 12.2. The Balaban J connectivity index is 2.06. The van der Waals surface area contributed by atoms with Gasteiger partial charge < -0.3 is 10.0 Å². The highest BCUT2D eigenvalue weighted by Gasteiger charge is 2.45. The van der Waals surface area contributed by atoms with Gasteiger partial charge in [-0.2, -0.15) is 0 Å². The monoisotopic (exact) mass is 315 g/mol. The van der Waals surface area contributed by atoms with E-state index < -0.39 is 5.97 Å². The summed E-state index contributed by atoms with van der Waals surface area (Å²) in [7, 11) is 0. The molecular weight excluding hydrogens is 301 g/mol. The molecule has 1 aromatic rings. The average Bonchev–Trinajstić information content (AvgIpc) is 3.13. The second-order valence-corrected chi connectivity index (χ2v) is 5.77. The minimum absolute atomic E-state index is 0.0848. The normalized spacial score (nSPS) is 20.6. The van der Waals surface area contributed by atoms with Crippen molar-refractivity contribution in [3.63, 3.8) is 0 Å². The molecule has 1 saturated carbocycles. The van der Waals surface area contributed by atoms with E-state index in [-0.39, 0.29) is 24.3 Å². The summed E-state index contributed by atoms with van der Waals surface area (Å²) in [4.78, 5) is 24.3. The molecule has 1 amide bonds. The number of hydrogen-bond donors (Lipinski definition) is 1. The Morgan fingerprint density at radius 3 is 2.40 bits per heavy atom. The van der Waals surface area contributed by atoms with Gasteiger partial charge in [0.25, 0.3) is 0 Å². The first-order chi connectivity index (χ1) is 9.42. The standard InChI is InChI=1S/C14H15Cl2NO3/c1-2-17(7-13(18)19)14(20)12-6-11(12)8-3-9(15)5-10(16)4-8/h3-5,11-12H,2,6-7H2,1H3,(H,18,19). The van der Waals surface area contributed by atoms with Crippen molar-refractivity contribution in [1.82, 2.24) is 4.90 Å². The molecule has 1 aromatic carbocycles. The molecule has 0 spiro atoms. The second kappa shape index (κ2) is 6.02. The Bertz CT molecular complexity index is 527. The first-order valence-corrected chi connectivity index (χ1v) is 7.14. The van der Waals surface area contributed by atoms with E-state index in [9.17, 15) is 9.59 Å². The topological polar surface area (TPSA) is 57.6 Å². The molecule has 2 unspecified atom stereocenters. The van der Waals surface area contributed by atoms with Gasteiger partial charge in [0.05, 0.1) is 0 Å². The van der Waals surface area contributed by atoms with Gasteiger partial charge in [0, 0.05) is 22.5 Å². The lowest BCUT2D eigenvalue weighted by atomic mass is 10.1. The molecule has 0 saturated heterocycles. The average molecular weight is 316 g/mol. The lowest BCUT2D eigenvalue weighted by Crippen LogP contribution is -2.36. The van der Waals surface area contributed by atoms with E-state index in [0.29, 0.717) is 23.0 Å². The highest BCUT2D eigenvalue weighted by molar-refractivity contribution is 6.34. The predicted octanol–water partition coefficient (Wildman–Crippen LogP) is 3.03. The van der Waals surface area contributed by atoms with Crippen LogP contribution >= 0.6 is 23.2 Å². The summed E-state index contributed by atoms with van der Waals surface area (Å²) in [6.45, 7) is 1.91. The lowest BCUT2D eigenvalue weighted by molar-refractivity contribution is -0.144. The molecule has 1 fully saturated rings. The van der Waals surface area contributed by atoms with Gasteiger partial charge in [0.1, 0.15) is 6.54 Å². The van der Waals surface area contributed by atoms with Gasteiger partial charge in [-0.3, -0.25) is 9.59 Å². The third-order valence-electron chi connectivity index (χ3n) is 3.44. The number of nitrogens with zero attached hydrogens (tertiary/aromatic N) is 1. The van der Waals surface area contributed by atoms with Crippen LogP contribution in [-0.2, 0) is 9.59 Å².